The largest absolute Gasteiger partial charge is 0.481 e. The summed E-state index contributed by atoms with van der Waals surface area (Å²) in [6.07, 6.45) is 10.0. The molecule has 20 heavy (non-hydrogen) atoms. The van der Waals surface area contributed by atoms with Crippen molar-refractivity contribution in [3.8, 4) is 12.3 Å². The fourth-order valence-corrected chi connectivity index (χ4v) is 2.85. The summed E-state index contributed by atoms with van der Waals surface area (Å²) in [5, 5.41) is 9.23. The lowest BCUT2D eigenvalue weighted by molar-refractivity contribution is -0.151. The van der Waals surface area contributed by atoms with Crippen LogP contribution in [-0.2, 0) is 9.59 Å². The molecular weight excluding hydrogens is 256 g/mol. The number of carboxylic acid groups (broad SMARTS) is 1. The topological polar surface area (TPSA) is 60.9 Å². The van der Waals surface area contributed by atoms with E-state index in [9.17, 15) is 14.7 Å². The van der Waals surface area contributed by atoms with E-state index in [0.717, 1.165) is 13.1 Å². The molecule has 1 fully saturated rings. The molecule has 5 heteroatoms. The van der Waals surface area contributed by atoms with E-state index in [4.69, 9.17) is 6.42 Å². The van der Waals surface area contributed by atoms with Crippen LogP contribution in [0.15, 0.2) is 12.2 Å². The minimum Gasteiger partial charge on any atom is -0.481 e. The van der Waals surface area contributed by atoms with Crippen LogP contribution in [0.3, 0.4) is 0 Å². The van der Waals surface area contributed by atoms with E-state index in [1.165, 1.54) is 0 Å². The quantitative estimate of drug-likeness (QED) is 0.600. The molecule has 2 rings (SSSR count). The van der Waals surface area contributed by atoms with Crippen LogP contribution in [-0.4, -0.2) is 59.5 Å². The van der Waals surface area contributed by atoms with Crippen LogP contribution < -0.4 is 0 Å². The molecule has 0 spiro atoms. The number of aliphatic carboxylic acids is 1. The second-order valence-electron chi connectivity index (χ2n) is 5.30. The van der Waals surface area contributed by atoms with Gasteiger partial charge in [0.25, 0.3) is 0 Å². The minimum atomic E-state index is -0.876. The lowest BCUT2D eigenvalue weighted by Gasteiger charge is -2.37. The Morgan fingerprint density at radius 2 is 1.75 bits per heavy atom. The van der Waals surface area contributed by atoms with Gasteiger partial charge < -0.3 is 10.0 Å². The van der Waals surface area contributed by atoms with E-state index in [0.29, 0.717) is 32.5 Å². The van der Waals surface area contributed by atoms with E-state index in [2.05, 4.69) is 10.8 Å². The maximum Gasteiger partial charge on any atom is 0.307 e. The Balaban J connectivity index is 1.96. The summed E-state index contributed by atoms with van der Waals surface area (Å²) in [5.41, 5.74) is 0. The molecule has 2 atom stereocenters. The fraction of sp³-hybridized carbons (Fsp3) is 0.600. The van der Waals surface area contributed by atoms with Crippen LogP contribution in [0.4, 0.5) is 0 Å². The average Bonchev–Trinajstić information content (AvgIpc) is 2.47. The first-order chi connectivity index (χ1) is 9.63. The van der Waals surface area contributed by atoms with Crippen molar-refractivity contribution in [2.75, 3.05) is 32.7 Å². The molecule has 0 saturated carbocycles. The molecule has 1 heterocycles. The van der Waals surface area contributed by atoms with Gasteiger partial charge in [-0.25, -0.2) is 0 Å². The summed E-state index contributed by atoms with van der Waals surface area (Å²) >= 11 is 0. The number of hydrogen-bond donors (Lipinski definition) is 1. The highest BCUT2D eigenvalue weighted by Gasteiger charge is 2.36. The standard InChI is InChI=1S/C15H20N2O3/c1-2-7-16-8-10-17(11-9-16)14(18)12-5-3-4-6-13(12)15(19)20/h1,3-4,12-13H,5-11H2,(H,19,20). The Bertz CT molecular complexity index is 445. The Hall–Kier alpha value is -1.80. The summed E-state index contributed by atoms with van der Waals surface area (Å²) in [4.78, 5) is 27.7. The van der Waals surface area contributed by atoms with Crippen molar-refractivity contribution in [1.82, 2.24) is 9.80 Å². The first-order valence-electron chi connectivity index (χ1n) is 6.96. The van der Waals surface area contributed by atoms with E-state index in [1.54, 1.807) is 4.90 Å². The highest BCUT2D eigenvalue weighted by atomic mass is 16.4. The number of carboxylic acids is 1. The van der Waals surface area contributed by atoms with Crippen molar-refractivity contribution < 1.29 is 14.7 Å². The fourth-order valence-electron chi connectivity index (χ4n) is 2.85. The van der Waals surface area contributed by atoms with Crippen molar-refractivity contribution in [1.29, 1.82) is 0 Å². The molecule has 0 aromatic rings. The zero-order chi connectivity index (χ0) is 14.5. The van der Waals surface area contributed by atoms with Gasteiger partial charge in [-0.05, 0) is 12.8 Å². The SMILES string of the molecule is C#CCN1CCN(C(=O)C2CC=CCC2C(=O)O)CC1. The van der Waals surface area contributed by atoms with Gasteiger partial charge in [-0.1, -0.05) is 18.1 Å². The maximum atomic E-state index is 12.5. The molecular formula is C15H20N2O3. The summed E-state index contributed by atoms with van der Waals surface area (Å²) in [6, 6.07) is 0. The van der Waals surface area contributed by atoms with Gasteiger partial charge in [0.15, 0.2) is 0 Å². The Morgan fingerprint density at radius 1 is 1.15 bits per heavy atom. The molecule has 2 unspecified atom stereocenters. The molecule has 1 amide bonds. The normalized spacial score (nSPS) is 27.1. The lowest BCUT2D eigenvalue weighted by atomic mass is 9.82. The second-order valence-corrected chi connectivity index (χ2v) is 5.30. The zero-order valence-corrected chi connectivity index (χ0v) is 11.5. The molecule has 1 aliphatic heterocycles. The Kier molecular flexibility index (Phi) is 4.80. The summed E-state index contributed by atoms with van der Waals surface area (Å²) < 4.78 is 0. The van der Waals surface area contributed by atoms with Gasteiger partial charge in [-0.15, -0.1) is 6.42 Å². The monoisotopic (exact) mass is 276 g/mol. The molecule has 0 bridgehead atoms. The molecule has 0 radical (unpaired) electrons. The molecule has 108 valence electrons. The van der Waals surface area contributed by atoms with Crippen molar-refractivity contribution in [3.63, 3.8) is 0 Å². The third kappa shape index (κ3) is 3.20. The number of rotatable bonds is 3. The van der Waals surface area contributed by atoms with Crippen LogP contribution in [0.5, 0.6) is 0 Å². The van der Waals surface area contributed by atoms with E-state index in [1.807, 2.05) is 12.2 Å². The third-order valence-corrected chi connectivity index (χ3v) is 4.07. The van der Waals surface area contributed by atoms with Crippen LogP contribution in [0.1, 0.15) is 12.8 Å². The number of allylic oxidation sites excluding steroid dienone is 2. The first kappa shape index (κ1) is 14.6. The lowest BCUT2D eigenvalue weighted by Crippen LogP contribution is -2.51. The third-order valence-electron chi connectivity index (χ3n) is 4.07. The molecule has 0 aromatic carbocycles. The first-order valence-corrected chi connectivity index (χ1v) is 6.96. The van der Waals surface area contributed by atoms with E-state index < -0.39 is 17.8 Å². The van der Waals surface area contributed by atoms with E-state index in [-0.39, 0.29) is 5.91 Å². The number of carbonyl (C=O) groups excluding carboxylic acids is 1. The van der Waals surface area contributed by atoms with Gasteiger partial charge in [-0.3, -0.25) is 14.5 Å². The van der Waals surface area contributed by atoms with Crippen molar-refractivity contribution >= 4 is 11.9 Å². The zero-order valence-electron chi connectivity index (χ0n) is 11.5. The van der Waals surface area contributed by atoms with Crippen molar-refractivity contribution in [3.05, 3.63) is 12.2 Å². The van der Waals surface area contributed by atoms with Crippen molar-refractivity contribution in [2.45, 2.75) is 12.8 Å². The van der Waals surface area contributed by atoms with Gasteiger partial charge in [-0.2, -0.15) is 0 Å². The molecule has 0 aromatic heterocycles. The molecule has 1 saturated heterocycles. The predicted octanol–water partition coefficient (Wildman–Crippen LogP) is 0.431. The Morgan fingerprint density at radius 3 is 2.30 bits per heavy atom. The molecule has 2 aliphatic rings. The smallest absolute Gasteiger partial charge is 0.307 e. The molecule has 1 aliphatic carbocycles. The number of carbonyl (C=O) groups is 2. The van der Waals surface area contributed by atoms with Gasteiger partial charge in [0.1, 0.15) is 0 Å². The minimum absolute atomic E-state index is 0.0258. The number of amides is 1. The average molecular weight is 276 g/mol. The second kappa shape index (κ2) is 6.58. The highest BCUT2D eigenvalue weighted by Crippen LogP contribution is 2.28. The highest BCUT2D eigenvalue weighted by molar-refractivity contribution is 5.85. The summed E-state index contributed by atoms with van der Waals surface area (Å²) in [6.45, 7) is 3.39. The maximum absolute atomic E-state index is 12.5. The van der Waals surface area contributed by atoms with Gasteiger partial charge >= 0.3 is 5.97 Å². The van der Waals surface area contributed by atoms with Gasteiger partial charge in [0.05, 0.1) is 18.4 Å². The molecule has 1 N–H and O–H groups in total. The van der Waals surface area contributed by atoms with Gasteiger partial charge in [0, 0.05) is 26.2 Å². The van der Waals surface area contributed by atoms with Crippen LogP contribution in [0, 0.1) is 24.2 Å². The predicted molar refractivity (Wildman–Crippen MR) is 74.8 cm³/mol. The number of hydrogen-bond acceptors (Lipinski definition) is 3. The molecule has 5 nitrogen and oxygen atoms in total. The number of piperazine rings is 1. The van der Waals surface area contributed by atoms with Crippen LogP contribution in [0.25, 0.3) is 0 Å². The Labute approximate surface area is 119 Å². The summed E-state index contributed by atoms with van der Waals surface area (Å²) in [7, 11) is 0. The summed E-state index contributed by atoms with van der Waals surface area (Å²) in [5.74, 6) is 0.694. The van der Waals surface area contributed by atoms with Crippen LogP contribution in [0.2, 0.25) is 0 Å². The van der Waals surface area contributed by atoms with E-state index >= 15 is 0 Å². The van der Waals surface area contributed by atoms with Crippen LogP contribution >= 0.6 is 0 Å². The van der Waals surface area contributed by atoms with Gasteiger partial charge in [0.2, 0.25) is 5.91 Å². The number of nitrogens with zero attached hydrogens (tertiary/aromatic N) is 2. The number of terminal acetylenes is 1. The van der Waals surface area contributed by atoms with Crippen molar-refractivity contribution in [2.24, 2.45) is 11.8 Å².